The molecule has 0 spiro atoms. The predicted molar refractivity (Wildman–Crippen MR) is 61.6 cm³/mol. The molecule has 1 aliphatic rings. The van der Waals surface area contributed by atoms with Crippen LogP contribution in [0.2, 0.25) is 0 Å². The first kappa shape index (κ1) is 12.2. The highest BCUT2D eigenvalue weighted by molar-refractivity contribution is 5.05. The molecule has 86 valence electrons. The van der Waals surface area contributed by atoms with E-state index in [4.69, 9.17) is 0 Å². The van der Waals surface area contributed by atoms with Crippen LogP contribution in [0.4, 0.5) is 0 Å². The second-order valence-corrected chi connectivity index (χ2v) is 4.31. The highest BCUT2D eigenvalue weighted by Crippen LogP contribution is 2.20. The fraction of sp³-hybridized carbons (Fsp3) is 0.833. The van der Waals surface area contributed by atoms with Crippen molar-refractivity contribution in [2.24, 2.45) is 5.18 Å². The maximum atomic E-state index is 10.5. The molecule has 0 aromatic carbocycles. The van der Waals surface area contributed by atoms with E-state index in [2.05, 4.69) is 5.18 Å². The zero-order chi connectivity index (χ0) is 10.9. The number of nitroso groups, excluding NO2 is 1. The summed E-state index contributed by atoms with van der Waals surface area (Å²) in [6.07, 6.45) is 10.6. The van der Waals surface area contributed by atoms with Gasteiger partial charge in [-0.2, -0.15) is 0 Å². The molecule has 0 aromatic rings. The molecule has 0 atom stereocenters. The Labute approximate surface area is 91.5 Å². The van der Waals surface area contributed by atoms with Crippen LogP contribution in [0.25, 0.3) is 0 Å². The van der Waals surface area contributed by atoms with Gasteiger partial charge >= 0.3 is 0 Å². The Balaban J connectivity index is 2.49. The van der Waals surface area contributed by atoms with Gasteiger partial charge in [0.2, 0.25) is 0 Å². The van der Waals surface area contributed by atoms with Crippen LogP contribution in [-0.2, 0) is 0 Å². The van der Waals surface area contributed by atoms with E-state index in [1.54, 1.807) is 0 Å². The molecule has 0 aliphatic heterocycles. The molecular weight excluding hydrogens is 190 g/mol. The molecule has 1 aliphatic carbocycles. The maximum absolute atomic E-state index is 10.5. The molecule has 3 nitrogen and oxygen atoms in total. The lowest BCUT2D eigenvalue weighted by Gasteiger charge is -2.07. The second kappa shape index (κ2) is 7.43. The number of hydrogen-bond acceptors (Lipinski definition) is 3. The summed E-state index contributed by atoms with van der Waals surface area (Å²) in [4.78, 5) is 10.5. The molecule has 0 fully saturated rings. The first-order valence-electron chi connectivity index (χ1n) is 6.09. The van der Waals surface area contributed by atoms with Crippen molar-refractivity contribution in [2.75, 3.05) is 0 Å². The minimum atomic E-state index is 0.227. The highest BCUT2D eigenvalue weighted by atomic mass is 16.3. The summed E-state index contributed by atoms with van der Waals surface area (Å²) >= 11 is 0. The van der Waals surface area contributed by atoms with Gasteiger partial charge in [0.25, 0.3) is 0 Å². The van der Waals surface area contributed by atoms with Crippen LogP contribution in [0.15, 0.2) is 16.6 Å². The molecule has 0 unspecified atom stereocenters. The van der Waals surface area contributed by atoms with Gasteiger partial charge in [-0.3, -0.25) is 0 Å². The first-order valence-corrected chi connectivity index (χ1v) is 6.09. The molecule has 0 amide bonds. The van der Waals surface area contributed by atoms with Crippen molar-refractivity contribution >= 4 is 0 Å². The fourth-order valence-electron chi connectivity index (χ4n) is 2.03. The maximum Gasteiger partial charge on any atom is 0.122 e. The van der Waals surface area contributed by atoms with Gasteiger partial charge < -0.3 is 5.11 Å². The van der Waals surface area contributed by atoms with E-state index in [9.17, 15) is 10.0 Å². The van der Waals surface area contributed by atoms with Gasteiger partial charge in [0.1, 0.15) is 11.5 Å². The normalized spacial score (nSPS) is 26.4. The van der Waals surface area contributed by atoms with Crippen LogP contribution >= 0.6 is 0 Å². The lowest BCUT2D eigenvalue weighted by atomic mass is 10.0. The van der Waals surface area contributed by atoms with Gasteiger partial charge in [-0.05, 0) is 24.4 Å². The zero-order valence-electron chi connectivity index (χ0n) is 9.37. The van der Waals surface area contributed by atoms with Gasteiger partial charge in [-0.1, -0.05) is 38.5 Å². The van der Waals surface area contributed by atoms with Crippen LogP contribution in [0.1, 0.15) is 64.2 Å². The number of aliphatic hydroxyl groups is 1. The highest BCUT2D eigenvalue weighted by Gasteiger charge is 2.07. The van der Waals surface area contributed by atoms with E-state index < -0.39 is 0 Å². The number of hydrogen-bond donors (Lipinski definition) is 1. The number of rotatable bonds is 1. The summed E-state index contributed by atoms with van der Waals surface area (Å²) in [5.41, 5.74) is 0.385. The van der Waals surface area contributed by atoms with Crippen molar-refractivity contribution in [1.29, 1.82) is 0 Å². The Morgan fingerprint density at radius 3 is 1.80 bits per heavy atom. The standard InChI is InChI=1S/C12H21NO2/c14-12-10-8-6-4-2-1-3-5-7-9-11(12)13-15/h14H,1-10H2/b12-11-. The van der Waals surface area contributed by atoms with Gasteiger partial charge in [0, 0.05) is 6.42 Å². The van der Waals surface area contributed by atoms with E-state index in [1.165, 1.54) is 25.7 Å². The van der Waals surface area contributed by atoms with Crippen molar-refractivity contribution in [1.82, 2.24) is 0 Å². The molecule has 0 saturated heterocycles. The smallest absolute Gasteiger partial charge is 0.122 e. The molecule has 0 heterocycles. The Bertz CT molecular complexity index is 224. The summed E-state index contributed by atoms with van der Waals surface area (Å²) in [7, 11) is 0. The molecular formula is C12H21NO2. The predicted octanol–water partition coefficient (Wildman–Crippen LogP) is 4.44. The zero-order valence-corrected chi connectivity index (χ0v) is 9.37. The summed E-state index contributed by atoms with van der Waals surface area (Å²) in [6, 6.07) is 0. The van der Waals surface area contributed by atoms with Crippen LogP contribution in [0, 0.1) is 4.91 Å². The van der Waals surface area contributed by atoms with Crippen LogP contribution in [0.3, 0.4) is 0 Å². The van der Waals surface area contributed by atoms with Gasteiger partial charge in [0.15, 0.2) is 0 Å². The first-order chi connectivity index (χ1) is 7.34. The Morgan fingerprint density at radius 2 is 1.27 bits per heavy atom. The number of aliphatic hydroxyl groups excluding tert-OH is 1. The Morgan fingerprint density at radius 1 is 0.800 bits per heavy atom. The third-order valence-corrected chi connectivity index (χ3v) is 3.02. The Hall–Kier alpha value is -0.860. The molecule has 0 bridgehead atoms. The molecule has 1 rings (SSSR count). The molecule has 3 heteroatoms. The number of nitrogens with zero attached hydrogens (tertiary/aromatic N) is 1. The number of allylic oxidation sites excluding steroid dienone is 2. The largest absolute Gasteiger partial charge is 0.510 e. The van der Waals surface area contributed by atoms with E-state index in [0.29, 0.717) is 18.5 Å². The second-order valence-electron chi connectivity index (χ2n) is 4.31. The molecule has 0 radical (unpaired) electrons. The average Bonchev–Trinajstić information content (AvgIpc) is 2.23. The SMILES string of the molecule is O=N/C1=C(\O)CCCCCCCCCC1. The van der Waals surface area contributed by atoms with Crippen molar-refractivity contribution in [3.63, 3.8) is 0 Å². The van der Waals surface area contributed by atoms with Gasteiger partial charge in [-0.15, -0.1) is 4.91 Å². The summed E-state index contributed by atoms with van der Waals surface area (Å²) < 4.78 is 0. The summed E-state index contributed by atoms with van der Waals surface area (Å²) in [5, 5.41) is 12.6. The third kappa shape index (κ3) is 4.96. The molecule has 0 aromatic heterocycles. The quantitative estimate of drug-likeness (QED) is 0.652. The summed E-state index contributed by atoms with van der Waals surface area (Å²) in [6.45, 7) is 0. The van der Waals surface area contributed by atoms with E-state index >= 15 is 0 Å². The lowest BCUT2D eigenvalue weighted by molar-refractivity contribution is 0.367. The van der Waals surface area contributed by atoms with Crippen LogP contribution in [-0.4, -0.2) is 5.11 Å². The minimum Gasteiger partial charge on any atom is -0.510 e. The molecule has 15 heavy (non-hydrogen) atoms. The van der Waals surface area contributed by atoms with Crippen molar-refractivity contribution < 1.29 is 5.11 Å². The average molecular weight is 211 g/mol. The van der Waals surface area contributed by atoms with Crippen molar-refractivity contribution in [3.8, 4) is 0 Å². The van der Waals surface area contributed by atoms with E-state index in [-0.39, 0.29) is 5.76 Å². The van der Waals surface area contributed by atoms with E-state index in [1.807, 2.05) is 0 Å². The fourth-order valence-corrected chi connectivity index (χ4v) is 2.03. The monoisotopic (exact) mass is 211 g/mol. The van der Waals surface area contributed by atoms with E-state index in [0.717, 1.165) is 25.7 Å². The van der Waals surface area contributed by atoms with Crippen LogP contribution in [0.5, 0.6) is 0 Å². The lowest BCUT2D eigenvalue weighted by Crippen LogP contribution is -1.92. The summed E-state index contributed by atoms with van der Waals surface area (Å²) in [5.74, 6) is 0.227. The van der Waals surface area contributed by atoms with Gasteiger partial charge in [-0.25, -0.2) is 0 Å². The molecule has 1 N–H and O–H groups in total. The van der Waals surface area contributed by atoms with Crippen molar-refractivity contribution in [3.05, 3.63) is 16.4 Å². The minimum absolute atomic E-state index is 0.227. The van der Waals surface area contributed by atoms with Crippen LogP contribution < -0.4 is 0 Å². The Kier molecular flexibility index (Phi) is 6.05. The third-order valence-electron chi connectivity index (χ3n) is 3.02. The topological polar surface area (TPSA) is 49.7 Å². The van der Waals surface area contributed by atoms with Crippen molar-refractivity contribution in [2.45, 2.75) is 64.2 Å². The molecule has 0 saturated carbocycles. The van der Waals surface area contributed by atoms with Gasteiger partial charge in [0.05, 0.1) is 0 Å².